The number of rotatable bonds is 15. The Morgan fingerprint density at radius 1 is 0.986 bits per heavy atom. The highest BCUT2D eigenvalue weighted by atomic mass is 32.1. The van der Waals surface area contributed by atoms with Crippen LogP contribution in [0.25, 0.3) is 21.7 Å². The van der Waals surface area contributed by atoms with E-state index >= 15 is 4.39 Å². The Labute approximate surface area is 430 Å². The number of halogens is 4. The van der Waals surface area contributed by atoms with Crippen molar-refractivity contribution in [2.75, 3.05) is 36.0 Å². The van der Waals surface area contributed by atoms with Crippen LogP contribution in [0.1, 0.15) is 82.7 Å². The molecule has 14 nitrogen and oxygen atoms in total. The topological polar surface area (TPSA) is 164 Å². The number of aryl methyl sites for hydroxylation is 1. The Hall–Kier alpha value is -6.82. The molecular formula is C53H55F4N9O5S2. The maximum Gasteiger partial charge on any atom is 0.420 e. The fourth-order valence-electron chi connectivity index (χ4n) is 9.39. The molecule has 3 aromatic carbocycles. The summed E-state index contributed by atoms with van der Waals surface area (Å²) in [6.45, 7) is 13.5. The van der Waals surface area contributed by atoms with Crippen molar-refractivity contribution in [2.24, 2.45) is 5.41 Å². The Balaban J connectivity index is 0.783. The zero-order chi connectivity index (χ0) is 52.6. The van der Waals surface area contributed by atoms with Gasteiger partial charge in [-0.05, 0) is 124 Å². The van der Waals surface area contributed by atoms with Crippen LogP contribution in [0.5, 0.6) is 5.75 Å². The van der Waals surface area contributed by atoms with Crippen LogP contribution in [-0.2, 0) is 31.9 Å². The monoisotopic (exact) mass is 1040 g/mol. The van der Waals surface area contributed by atoms with E-state index in [4.69, 9.17) is 17.0 Å². The van der Waals surface area contributed by atoms with Crippen molar-refractivity contribution in [3.63, 3.8) is 0 Å². The van der Waals surface area contributed by atoms with Gasteiger partial charge in [0.2, 0.25) is 17.7 Å². The number of nitriles is 1. The van der Waals surface area contributed by atoms with Crippen molar-refractivity contribution in [3.8, 4) is 33.5 Å². The van der Waals surface area contributed by atoms with Crippen LogP contribution in [0, 0.1) is 29.5 Å². The number of carbonyl (C=O) groups excluding carboxylic acids is 4. The van der Waals surface area contributed by atoms with Crippen molar-refractivity contribution in [1.29, 1.82) is 5.26 Å². The molecule has 3 aliphatic rings. The summed E-state index contributed by atoms with van der Waals surface area (Å²) in [6.07, 6.45) is -1.73. The lowest BCUT2D eigenvalue weighted by Gasteiger charge is -2.39. The van der Waals surface area contributed by atoms with Gasteiger partial charge >= 0.3 is 6.18 Å². The summed E-state index contributed by atoms with van der Waals surface area (Å²) in [5.41, 5.74) is 1.06. The number of pyridine rings is 1. The second kappa shape index (κ2) is 21.0. The second-order valence-corrected chi connectivity index (χ2v) is 21.2. The van der Waals surface area contributed by atoms with Crippen molar-refractivity contribution in [1.82, 2.24) is 30.4 Å². The van der Waals surface area contributed by atoms with E-state index in [9.17, 15) is 37.6 Å². The zero-order valence-electron chi connectivity index (χ0n) is 41.2. The van der Waals surface area contributed by atoms with E-state index in [0.717, 1.165) is 39.4 Å². The predicted molar refractivity (Wildman–Crippen MR) is 273 cm³/mol. The molecule has 4 amide bonds. The maximum absolute atomic E-state index is 15.5. The summed E-state index contributed by atoms with van der Waals surface area (Å²) < 4.78 is 63.0. The quantitative estimate of drug-likeness (QED) is 0.0761. The highest BCUT2D eigenvalue weighted by Gasteiger charge is 2.52. The van der Waals surface area contributed by atoms with E-state index in [1.165, 1.54) is 31.0 Å². The molecule has 2 unspecified atom stereocenters. The molecule has 5 heterocycles. The molecule has 0 saturated carbocycles. The van der Waals surface area contributed by atoms with Gasteiger partial charge in [0.25, 0.3) is 5.91 Å². The van der Waals surface area contributed by atoms with Gasteiger partial charge in [0, 0.05) is 38.2 Å². The van der Waals surface area contributed by atoms with Gasteiger partial charge in [-0.1, -0.05) is 45.0 Å². The van der Waals surface area contributed by atoms with Crippen molar-refractivity contribution in [3.05, 3.63) is 113 Å². The minimum atomic E-state index is -5.19. The summed E-state index contributed by atoms with van der Waals surface area (Å²) in [6, 6.07) is 20.4. The van der Waals surface area contributed by atoms with Crippen molar-refractivity contribution in [2.45, 2.75) is 104 Å². The molecular weight excluding hydrogens is 983 g/mol. The first-order valence-corrected chi connectivity index (χ1v) is 25.2. The molecule has 3 saturated heterocycles. The third-order valence-electron chi connectivity index (χ3n) is 13.4. The summed E-state index contributed by atoms with van der Waals surface area (Å²) in [5, 5.41) is 15.0. The number of anilines is 2. The molecule has 5 aromatic rings. The molecule has 8 rings (SSSR count). The summed E-state index contributed by atoms with van der Waals surface area (Å²) in [7, 11) is 0. The Kier molecular flexibility index (Phi) is 15.1. The summed E-state index contributed by atoms with van der Waals surface area (Å²) in [4.78, 5) is 70.3. The molecule has 2 atom stereocenters. The first kappa shape index (κ1) is 52.5. The number of carbonyl (C=O) groups is 4. The summed E-state index contributed by atoms with van der Waals surface area (Å²) >= 11 is 7.14. The SMILES string of the molecule is Cc1ncsc1-c1ccc(CNC(=O)C2CCCN2C(=O)C(NC(=O)CCCN2CC(Oc3ccc(-c4ccc(N5C(=S)N(c6ccc(C#N)c(C(F)(F)F)c6F)C(=O)C5(C)C)cn4)cc3)C2)C(C)(C)C)cc1. The highest BCUT2D eigenvalue weighted by Crippen LogP contribution is 2.42. The first-order chi connectivity index (χ1) is 34.6. The number of likely N-dealkylation sites (tertiary alicyclic amines) is 2. The number of thiazole rings is 1. The van der Waals surface area contributed by atoms with Crippen LogP contribution in [0.2, 0.25) is 0 Å². The number of nitrogens with one attached hydrogen (secondary N) is 2. The van der Waals surface area contributed by atoms with Crippen LogP contribution in [-0.4, -0.2) is 98.4 Å². The lowest BCUT2D eigenvalue weighted by Crippen LogP contribution is -2.57. The molecule has 2 aromatic heterocycles. The van der Waals surface area contributed by atoms with Crippen molar-refractivity contribution < 1.29 is 41.5 Å². The molecule has 0 radical (unpaired) electrons. The van der Waals surface area contributed by atoms with Crippen LogP contribution < -0.4 is 25.2 Å². The standard InChI is InChI=1S/C53H55F4N9O5S2/c1-31-45(73-30-61-31)34-13-11-32(12-14-34)26-60-47(68)41-9-7-24-64(41)48(69)46(51(2,3)4)62-42(67)10-8-23-63-28-38(29-63)71-37-19-15-33(16-20-37)39-21-18-36(27-59-39)66-50(72)65(49(70)52(66,5)6)40-22-17-35(25-58)43(44(40)54)53(55,56)57/h11-22,27,30,38,41,46H,7-10,23-24,26,28-29H2,1-6H3,(H,60,68)(H,62,67). The Bertz CT molecular complexity index is 2950. The lowest BCUT2D eigenvalue weighted by atomic mass is 9.85. The van der Waals surface area contributed by atoms with Gasteiger partial charge in [-0.3, -0.25) is 34.0 Å². The van der Waals surface area contributed by atoms with Gasteiger partial charge in [-0.25, -0.2) is 9.37 Å². The number of thiocarbonyl (C=S) groups is 1. The zero-order valence-corrected chi connectivity index (χ0v) is 42.8. The molecule has 73 heavy (non-hydrogen) atoms. The highest BCUT2D eigenvalue weighted by molar-refractivity contribution is 7.81. The third-order valence-corrected chi connectivity index (χ3v) is 14.7. The Morgan fingerprint density at radius 2 is 1.68 bits per heavy atom. The van der Waals surface area contributed by atoms with Gasteiger partial charge in [-0.15, -0.1) is 11.3 Å². The first-order valence-electron chi connectivity index (χ1n) is 23.9. The Morgan fingerprint density at radius 3 is 2.30 bits per heavy atom. The van der Waals surface area contributed by atoms with Crippen molar-refractivity contribution >= 4 is 63.7 Å². The third kappa shape index (κ3) is 11.1. The van der Waals surface area contributed by atoms with E-state index in [1.807, 2.05) is 81.7 Å². The molecule has 3 fully saturated rings. The molecule has 0 aliphatic carbocycles. The van der Waals surface area contributed by atoms with E-state index in [2.05, 4.69) is 25.5 Å². The van der Waals surface area contributed by atoms with Gasteiger partial charge in [0.05, 0.1) is 51.0 Å². The van der Waals surface area contributed by atoms with E-state index in [1.54, 1.807) is 28.4 Å². The number of hydrogen-bond donors (Lipinski definition) is 2. The number of hydrogen-bond acceptors (Lipinski definition) is 11. The van der Waals surface area contributed by atoms with Crippen LogP contribution in [0.4, 0.5) is 28.9 Å². The fourth-order valence-corrected chi connectivity index (χ4v) is 10.7. The number of amides is 4. The van der Waals surface area contributed by atoms with Gasteiger partial charge in [0.1, 0.15) is 35.0 Å². The molecule has 3 aliphatic heterocycles. The number of alkyl halides is 3. The van der Waals surface area contributed by atoms with E-state index in [-0.39, 0.29) is 35.4 Å². The molecule has 382 valence electrons. The normalized spacial score (nSPS) is 17.6. The number of nitrogens with zero attached hydrogens (tertiary/aromatic N) is 7. The molecule has 0 spiro atoms. The number of ether oxygens (including phenoxy) is 1. The average molecular weight is 1040 g/mol. The van der Waals surface area contributed by atoms with Crippen LogP contribution in [0.15, 0.2) is 84.5 Å². The van der Waals surface area contributed by atoms with E-state index in [0.29, 0.717) is 74.0 Å². The summed E-state index contributed by atoms with van der Waals surface area (Å²) in [5.74, 6) is -2.58. The molecule has 20 heteroatoms. The van der Waals surface area contributed by atoms with Gasteiger partial charge < -0.3 is 25.2 Å². The van der Waals surface area contributed by atoms with Gasteiger partial charge in [0.15, 0.2) is 10.9 Å². The minimum absolute atomic E-state index is 0.0580. The maximum atomic E-state index is 15.5. The minimum Gasteiger partial charge on any atom is -0.488 e. The lowest BCUT2D eigenvalue weighted by molar-refractivity contribution is -0.144. The molecule has 2 N–H and O–H groups in total. The smallest absolute Gasteiger partial charge is 0.420 e. The fraction of sp³-hybridized carbons (Fsp3) is 0.396. The number of benzene rings is 3. The predicted octanol–water partition coefficient (Wildman–Crippen LogP) is 8.81. The average Bonchev–Trinajstić information content (AvgIpc) is 4.05. The van der Waals surface area contributed by atoms with Crippen LogP contribution >= 0.6 is 23.6 Å². The number of aromatic nitrogens is 2. The van der Waals surface area contributed by atoms with E-state index < -0.39 is 57.8 Å². The largest absolute Gasteiger partial charge is 0.488 e. The second-order valence-electron chi connectivity index (χ2n) is 20.0. The van der Waals surface area contributed by atoms with Gasteiger partial charge in [-0.2, -0.15) is 18.4 Å². The molecule has 0 bridgehead atoms. The van der Waals surface area contributed by atoms with Crippen LogP contribution in [0.3, 0.4) is 0 Å².